The van der Waals surface area contributed by atoms with Crippen molar-refractivity contribution >= 4 is 59.9 Å². The quantitative estimate of drug-likeness (QED) is 0.292. The van der Waals surface area contributed by atoms with Crippen molar-refractivity contribution in [1.29, 1.82) is 0 Å². The summed E-state index contributed by atoms with van der Waals surface area (Å²) in [5.41, 5.74) is 3.25. The molecule has 0 unspecified atom stereocenters. The molecule has 0 aliphatic carbocycles. The van der Waals surface area contributed by atoms with Crippen LogP contribution in [0.15, 0.2) is 71.6 Å². The van der Waals surface area contributed by atoms with E-state index in [9.17, 15) is 13.2 Å². The number of hydrogen-bond acceptors (Lipinski definition) is 7. The van der Waals surface area contributed by atoms with Crippen LogP contribution in [0.4, 0.5) is 10.8 Å². The van der Waals surface area contributed by atoms with E-state index in [1.165, 1.54) is 34.5 Å². The lowest BCUT2D eigenvalue weighted by atomic mass is 10.1. The van der Waals surface area contributed by atoms with Gasteiger partial charge in [-0.2, -0.15) is 0 Å². The molecule has 5 rings (SSSR count). The second kappa shape index (κ2) is 11.9. The van der Waals surface area contributed by atoms with Crippen molar-refractivity contribution < 1.29 is 13.2 Å². The number of aromatic nitrogens is 1. The van der Waals surface area contributed by atoms with E-state index in [1.54, 1.807) is 35.6 Å². The zero-order valence-electron chi connectivity index (χ0n) is 21.6. The second-order valence-corrected chi connectivity index (χ2v) is 12.5. The van der Waals surface area contributed by atoms with Gasteiger partial charge in [0.05, 0.1) is 15.1 Å². The molecule has 11 heteroatoms. The maximum Gasteiger partial charge on any atom is 0.261 e. The number of rotatable bonds is 9. The minimum Gasteiger partial charge on any atom is -0.351 e. The first-order chi connectivity index (χ1) is 18.8. The summed E-state index contributed by atoms with van der Waals surface area (Å²) in [4.78, 5) is 22.3. The van der Waals surface area contributed by atoms with Gasteiger partial charge in [-0.15, -0.1) is 0 Å². The Balaban J connectivity index is 1.08. The molecule has 8 nitrogen and oxygen atoms in total. The van der Waals surface area contributed by atoms with Crippen LogP contribution >= 0.6 is 22.9 Å². The predicted octanol–water partition coefficient (Wildman–Crippen LogP) is 4.86. The number of carbonyl (C=O) groups is 1. The third kappa shape index (κ3) is 6.52. The van der Waals surface area contributed by atoms with Gasteiger partial charge in [0.1, 0.15) is 0 Å². The van der Waals surface area contributed by atoms with Crippen LogP contribution in [0.3, 0.4) is 0 Å². The molecule has 1 amide bonds. The molecule has 0 spiro atoms. The second-order valence-electron chi connectivity index (χ2n) is 9.34. The Kier molecular flexibility index (Phi) is 8.37. The molecule has 0 radical (unpaired) electrons. The molecular weight excluding hydrogens is 554 g/mol. The number of piperazine rings is 1. The van der Waals surface area contributed by atoms with Gasteiger partial charge >= 0.3 is 0 Å². The molecule has 1 aliphatic heterocycles. The average Bonchev–Trinajstić information content (AvgIpc) is 3.38. The van der Waals surface area contributed by atoms with Crippen LogP contribution in [-0.4, -0.2) is 63.5 Å². The molecule has 3 aromatic carbocycles. The number of fused-ring (bicyclic) bond motifs is 1. The van der Waals surface area contributed by atoms with E-state index in [0.717, 1.165) is 49.8 Å². The number of hydrogen-bond donors (Lipinski definition) is 2. The summed E-state index contributed by atoms with van der Waals surface area (Å²) in [5.74, 6) is -0.193. The minimum absolute atomic E-state index is 0.111. The molecule has 1 saturated heterocycles. The van der Waals surface area contributed by atoms with Gasteiger partial charge in [0.2, 0.25) is 0 Å². The number of anilines is 2. The smallest absolute Gasteiger partial charge is 0.261 e. The SMILES string of the molecule is CCc1cccc2sc(N3CCN(CCNC(=O)c4ccc(NS(=O)(=O)c5ccc(Cl)cc5)cc4)CC3)nc12. The summed E-state index contributed by atoms with van der Waals surface area (Å²) in [6, 6.07) is 18.7. The number of sulfonamides is 1. The van der Waals surface area contributed by atoms with Crippen molar-refractivity contribution in [2.45, 2.75) is 18.2 Å². The molecule has 4 aromatic rings. The van der Waals surface area contributed by atoms with Gasteiger partial charge in [0, 0.05) is 55.5 Å². The van der Waals surface area contributed by atoms with Crippen molar-refractivity contribution in [3.05, 3.63) is 82.9 Å². The summed E-state index contributed by atoms with van der Waals surface area (Å²) >= 11 is 7.59. The predicted molar refractivity (Wildman–Crippen MR) is 159 cm³/mol. The Bertz CT molecular complexity index is 1550. The van der Waals surface area contributed by atoms with Crippen LogP contribution in [-0.2, 0) is 16.4 Å². The van der Waals surface area contributed by atoms with Crippen molar-refractivity contribution in [3.63, 3.8) is 0 Å². The van der Waals surface area contributed by atoms with E-state index in [2.05, 4.69) is 45.0 Å². The van der Waals surface area contributed by atoms with Crippen LogP contribution < -0.4 is 14.9 Å². The molecule has 2 N–H and O–H groups in total. The normalized spacial score (nSPS) is 14.5. The van der Waals surface area contributed by atoms with Crippen LogP contribution in [0.5, 0.6) is 0 Å². The first-order valence-electron chi connectivity index (χ1n) is 12.8. The number of para-hydroxylation sites is 1. The standard InChI is InChI=1S/C28H30ClN5O3S2/c1-2-20-4-3-5-25-26(20)31-28(38-25)34-18-16-33(17-19-34)15-14-30-27(35)21-6-10-23(11-7-21)32-39(36,37)24-12-8-22(29)9-13-24/h3-13,32H,2,14-19H2,1H3,(H,30,35). The topological polar surface area (TPSA) is 94.6 Å². The summed E-state index contributed by atoms with van der Waals surface area (Å²) < 4.78 is 28.8. The van der Waals surface area contributed by atoms with Gasteiger partial charge in [-0.05, 0) is 66.6 Å². The fraction of sp³-hybridized carbons (Fsp3) is 0.286. The van der Waals surface area contributed by atoms with Crippen molar-refractivity contribution in [3.8, 4) is 0 Å². The van der Waals surface area contributed by atoms with Gasteiger partial charge in [0.25, 0.3) is 15.9 Å². The summed E-state index contributed by atoms with van der Waals surface area (Å²) in [7, 11) is -3.74. The maximum absolute atomic E-state index is 12.6. The lowest BCUT2D eigenvalue weighted by Gasteiger charge is -2.34. The zero-order chi connectivity index (χ0) is 27.4. The van der Waals surface area contributed by atoms with E-state index in [-0.39, 0.29) is 10.8 Å². The zero-order valence-corrected chi connectivity index (χ0v) is 24.0. The van der Waals surface area contributed by atoms with E-state index in [0.29, 0.717) is 22.8 Å². The first kappa shape index (κ1) is 27.4. The third-order valence-corrected chi connectivity index (χ3v) is 9.48. The van der Waals surface area contributed by atoms with E-state index < -0.39 is 10.0 Å². The molecule has 0 atom stereocenters. The van der Waals surface area contributed by atoms with Crippen LogP contribution in [0.25, 0.3) is 10.2 Å². The molecule has 1 aromatic heterocycles. The maximum atomic E-state index is 12.6. The number of aryl methyl sites for hydroxylation is 1. The van der Waals surface area contributed by atoms with Crippen LogP contribution in [0.1, 0.15) is 22.8 Å². The highest BCUT2D eigenvalue weighted by atomic mass is 35.5. The number of halogens is 1. The fourth-order valence-corrected chi connectivity index (χ4v) is 6.77. The Morgan fingerprint density at radius 1 is 1.00 bits per heavy atom. The monoisotopic (exact) mass is 583 g/mol. The Morgan fingerprint density at radius 3 is 2.41 bits per heavy atom. The summed E-state index contributed by atoms with van der Waals surface area (Å²) in [6.07, 6.45) is 0.979. The third-order valence-electron chi connectivity index (χ3n) is 6.75. The van der Waals surface area contributed by atoms with Gasteiger partial charge in [-0.3, -0.25) is 14.4 Å². The number of nitrogens with zero attached hydrogens (tertiary/aromatic N) is 3. The Morgan fingerprint density at radius 2 is 1.72 bits per heavy atom. The summed E-state index contributed by atoms with van der Waals surface area (Å²) in [5, 5.41) is 4.50. The molecule has 1 aliphatic rings. The van der Waals surface area contributed by atoms with Crippen molar-refractivity contribution in [2.24, 2.45) is 0 Å². The minimum atomic E-state index is -3.74. The molecule has 0 bridgehead atoms. The van der Waals surface area contributed by atoms with Crippen molar-refractivity contribution in [2.75, 3.05) is 48.9 Å². The van der Waals surface area contributed by atoms with Crippen molar-refractivity contribution in [1.82, 2.24) is 15.2 Å². The number of benzene rings is 3. The fourth-order valence-electron chi connectivity index (χ4n) is 4.52. The number of thiazole rings is 1. The van der Waals surface area contributed by atoms with E-state index in [1.807, 2.05) is 0 Å². The molecule has 1 fully saturated rings. The number of amides is 1. The Labute approximate surface area is 237 Å². The van der Waals surface area contributed by atoms with Gasteiger partial charge in [-0.1, -0.05) is 42.0 Å². The molecular formula is C28H30ClN5O3S2. The highest BCUT2D eigenvalue weighted by Gasteiger charge is 2.20. The molecule has 39 heavy (non-hydrogen) atoms. The van der Waals surface area contributed by atoms with Gasteiger partial charge in [0.15, 0.2) is 5.13 Å². The van der Waals surface area contributed by atoms with E-state index >= 15 is 0 Å². The molecule has 2 heterocycles. The number of carbonyl (C=O) groups excluding carboxylic acids is 1. The van der Waals surface area contributed by atoms with Crippen LogP contribution in [0, 0.1) is 0 Å². The molecule has 204 valence electrons. The highest BCUT2D eigenvalue weighted by Crippen LogP contribution is 2.31. The Hall–Kier alpha value is -3.18. The lowest BCUT2D eigenvalue weighted by Crippen LogP contribution is -2.48. The lowest BCUT2D eigenvalue weighted by molar-refractivity contribution is 0.0948. The molecule has 0 saturated carbocycles. The first-order valence-corrected chi connectivity index (χ1v) is 15.5. The van der Waals surface area contributed by atoms with Gasteiger partial charge < -0.3 is 10.2 Å². The van der Waals surface area contributed by atoms with Crippen LogP contribution in [0.2, 0.25) is 5.02 Å². The van der Waals surface area contributed by atoms with E-state index in [4.69, 9.17) is 16.6 Å². The summed E-state index contributed by atoms with van der Waals surface area (Å²) in [6.45, 7) is 7.09. The largest absolute Gasteiger partial charge is 0.351 e. The average molecular weight is 584 g/mol. The highest BCUT2D eigenvalue weighted by molar-refractivity contribution is 7.92. The van der Waals surface area contributed by atoms with Gasteiger partial charge in [-0.25, -0.2) is 13.4 Å². The number of nitrogens with one attached hydrogen (secondary N) is 2.